The lowest BCUT2D eigenvalue weighted by molar-refractivity contribution is 0.0789. The molecule has 0 amide bonds. The van der Waals surface area contributed by atoms with Gasteiger partial charge in [0.1, 0.15) is 11.5 Å². The van der Waals surface area contributed by atoms with E-state index in [1.807, 2.05) is 6.92 Å². The van der Waals surface area contributed by atoms with E-state index in [0.29, 0.717) is 12.0 Å². The summed E-state index contributed by atoms with van der Waals surface area (Å²) in [5.74, 6) is 0.150. The Morgan fingerprint density at radius 3 is 2.80 bits per heavy atom. The summed E-state index contributed by atoms with van der Waals surface area (Å²) in [6.45, 7) is 1.27. The summed E-state index contributed by atoms with van der Waals surface area (Å²) in [6.07, 6.45) is 0.104. The normalized spacial score (nSPS) is 10.7. The van der Waals surface area contributed by atoms with Gasteiger partial charge in [-0.15, -0.1) is 0 Å². The van der Waals surface area contributed by atoms with Crippen molar-refractivity contribution in [3.63, 3.8) is 0 Å². The lowest BCUT2D eigenvalue weighted by atomic mass is 10.2. The standard InChI is InChI=1S/C9H11ClF2N2O/c1-2-3-6-8(10)13-5-14-9(6)15-4-7(11)12/h5,7H,2-4H2,1H3. The monoisotopic (exact) mass is 236 g/mol. The minimum Gasteiger partial charge on any atom is -0.471 e. The number of aromatic nitrogens is 2. The molecule has 0 aliphatic carbocycles. The Labute approximate surface area is 91.4 Å². The first-order valence-electron chi connectivity index (χ1n) is 4.55. The van der Waals surface area contributed by atoms with Gasteiger partial charge in [-0.3, -0.25) is 0 Å². The molecule has 0 spiro atoms. The second-order valence-corrected chi connectivity index (χ2v) is 3.26. The summed E-state index contributed by atoms with van der Waals surface area (Å²) in [5.41, 5.74) is 0.585. The summed E-state index contributed by atoms with van der Waals surface area (Å²) in [6, 6.07) is 0. The highest BCUT2D eigenvalue weighted by molar-refractivity contribution is 6.30. The van der Waals surface area contributed by atoms with Crippen molar-refractivity contribution < 1.29 is 13.5 Å². The van der Waals surface area contributed by atoms with E-state index in [9.17, 15) is 8.78 Å². The molecule has 0 unspecified atom stereocenters. The number of hydrogen-bond donors (Lipinski definition) is 0. The summed E-state index contributed by atoms with van der Waals surface area (Å²) < 4.78 is 28.7. The van der Waals surface area contributed by atoms with Crippen LogP contribution in [0.5, 0.6) is 5.88 Å². The average Bonchev–Trinajstić information content (AvgIpc) is 2.19. The maximum atomic E-state index is 11.9. The summed E-state index contributed by atoms with van der Waals surface area (Å²) >= 11 is 5.80. The SMILES string of the molecule is CCCc1c(Cl)ncnc1OCC(F)F. The molecule has 0 fully saturated rings. The van der Waals surface area contributed by atoms with E-state index in [0.717, 1.165) is 6.42 Å². The van der Waals surface area contributed by atoms with Crippen LogP contribution in [0, 0.1) is 0 Å². The zero-order valence-electron chi connectivity index (χ0n) is 8.21. The first kappa shape index (κ1) is 12.1. The highest BCUT2D eigenvalue weighted by atomic mass is 35.5. The number of ether oxygens (including phenoxy) is 1. The van der Waals surface area contributed by atoms with Crippen LogP contribution in [0.2, 0.25) is 5.15 Å². The number of halogens is 3. The van der Waals surface area contributed by atoms with Crippen LogP contribution in [-0.2, 0) is 6.42 Å². The fraction of sp³-hybridized carbons (Fsp3) is 0.556. The number of alkyl halides is 2. The number of rotatable bonds is 5. The predicted molar refractivity (Wildman–Crippen MR) is 52.5 cm³/mol. The third-order valence-electron chi connectivity index (χ3n) is 1.70. The highest BCUT2D eigenvalue weighted by Crippen LogP contribution is 2.23. The van der Waals surface area contributed by atoms with Gasteiger partial charge in [-0.1, -0.05) is 24.9 Å². The molecule has 0 N–H and O–H groups in total. The number of hydrogen-bond acceptors (Lipinski definition) is 3. The van der Waals surface area contributed by atoms with Crippen molar-refractivity contribution in [2.75, 3.05) is 6.61 Å². The molecule has 1 aromatic rings. The molecule has 6 heteroatoms. The van der Waals surface area contributed by atoms with Crippen molar-refractivity contribution in [2.45, 2.75) is 26.2 Å². The minimum atomic E-state index is -2.52. The zero-order chi connectivity index (χ0) is 11.3. The molecule has 0 saturated heterocycles. The van der Waals surface area contributed by atoms with E-state index in [1.165, 1.54) is 6.33 Å². The van der Waals surface area contributed by atoms with E-state index in [-0.39, 0.29) is 11.0 Å². The van der Waals surface area contributed by atoms with E-state index in [4.69, 9.17) is 16.3 Å². The second kappa shape index (κ2) is 5.80. The van der Waals surface area contributed by atoms with Crippen LogP contribution in [0.4, 0.5) is 8.78 Å². The molecule has 0 bridgehead atoms. The third-order valence-corrected chi connectivity index (χ3v) is 2.02. The molecule has 1 rings (SSSR count). The topological polar surface area (TPSA) is 35.0 Å². The van der Waals surface area contributed by atoms with Gasteiger partial charge in [-0.05, 0) is 6.42 Å². The first-order chi connectivity index (χ1) is 7.15. The van der Waals surface area contributed by atoms with Crippen LogP contribution < -0.4 is 4.74 Å². The molecule has 0 aromatic carbocycles. The van der Waals surface area contributed by atoms with Crippen LogP contribution in [0.3, 0.4) is 0 Å². The Kier molecular flexibility index (Phi) is 4.68. The van der Waals surface area contributed by atoms with Crippen molar-refractivity contribution in [3.05, 3.63) is 17.0 Å². The lowest BCUT2D eigenvalue weighted by Gasteiger charge is -2.09. The van der Waals surface area contributed by atoms with Gasteiger partial charge in [0.25, 0.3) is 6.43 Å². The van der Waals surface area contributed by atoms with Gasteiger partial charge in [-0.2, -0.15) is 0 Å². The molecule has 0 aliphatic heterocycles. The van der Waals surface area contributed by atoms with Crippen LogP contribution in [0.15, 0.2) is 6.33 Å². The van der Waals surface area contributed by atoms with Crippen molar-refractivity contribution >= 4 is 11.6 Å². The lowest BCUT2D eigenvalue weighted by Crippen LogP contribution is -2.10. The van der Waals surface area contributed by atoms with E-state index < -0.39 is 13.0 Å². The van der Waals surface area contributed by atoms with Gasteiger partial charge < -0.3 is 4.74 Å². The molecule has 1 heterocycles. The van der Waals surface area contributed by atoms with Crippen molar-refractivity contribution in [1.82, 2.24) is 9.97 Å². The van der Waals surface area contributed by atoms with Crippen molar-refractivity contribution in [3.8, 4) is 5.88 Å². The maximum Gasteiger partial charge on any atom is 0.272 e. The van der Waals surface area contributed by atoms with Crippen molar-refractivity contribution in [1.29, 1.82) is 0 Å². The molecular formula is C9H11ClF2N2O. The van der Waals surface area contributed by atoms with Crippen molar-refractivity contribution in [2.24, 2.45) is 0 Å². The first-order valence-corrected chi connectivity index (χ1v) is 4.93. The maximum absolute atomic E-state index is 11.9. The largest absolute Gasteiger partial charge is 0.471 e. The molecule has 0 saturated carbocycles. The Morgan fingerprint density at radius 2 is 2.20 bits per heavy atom. The zero-order valence-corrected chi connectivity index (χ0v) is 8.97. The summed E-state index contributed by atoms with van der Waals surface area (Å²) in [7, 11) is 0. The fourth-order valence-corrected chi connectivity index (χ4v) is 1.32. The Bertz CT molecular complexity index is 323. The Hall–Kier alpha value is -0.970. The molecular weight excluding hydrogens is 226 g/mol. The molecule has 1 aromatic heterocycles. The molecule has 0 radical (unpaired) electrons. The summed E-state index contributed by atoms with van der Waals surface area (Å²) in [4.78, 5) is 7.55. The third kappa shape index (κ3) is 3.58. The minimum absolute atomic E-state index is 0.150. The average molecular weight is 237 g/mol. The molecule has 0 aliphatic rings. The molecule has 84 valence electrons. The van der Waals surface area contributed by atoms with Gasteiger partial charge in [0.05, 0.1) is 5.56 Å². The van der Waals surface area contributed by atoms with E-state index in [2.05, 4.69) is 9.97 Å². The molecule has 0 atom stereocenters. The van der Waals surface area contributed by atoms with Crippen LogP contribution >= 0.6 is 11.6 Å². The smallest absolute Gasteiger partial charge is 0.272 e. The van der Waals surface area contributed by atoms with Gasteiger partial charge >= 0.3 is 0 Å². The summed E-state index contributed by atoms with van der Waals surface area (Å²) in [5, 5.41) is 0.260. The van der Waals surface area contributed by atoms with Crippen LogP contribution in [-0.4, -0.2) is 23.0 Å². The quantitative estimate of drug-likeness (QED) is 0.738. The molecule has 3 nitrogen and oxygen atoms in total. The Morgan fingerprint density at radius 1 is 1.47 bits per heavy atom. The van der Waals surface area contributed by atoms with Gasteiger partial charge in [-0.25, -0.2) is 18.7 Å². The van der Waals surface area contributed by atoms with E-state index in [1.54, 1.807) is 0 Å². The predicted octanol–water partition coefficient (Wildman–Crippen LogP) is 2.73. The number of nitrogens with zero attached hydrogens (tertiary/aromatic N) is 2. The van der Waals surface area contributed by atoms with Gasteiger partial charge in [0, 0.05) is 0 Å². The van der Waals surface area contributed by atoms with Crippen LogP contribution in [0.25, 0.3) is 0 Å². The molecule has 15 heavy (non-hydrogen) atoms. The van der Waals surface area contributed by atoms with Gasteiger partial charge in [0.2, 0.25) is 5.88 Å². The van der Waals surface area contributed by atoms with Gasteiger partial charge in [0.15, 0.2) is 6.61 Å². The fourth-order valence-electron chi connectivity index (χ4n) is 1.10. The highest BCUT2D eigenvalue weighted by Gasteiger charge is 2.12. The van der Waals surface area contributed by atoms with E-state index >= 15 is 0 Å². The van der Waals surface area contributed by atoms with Crippen LogP contribution in [0.1, 0.15) is 18.9 Å². The Balaban J connectivity index is 2.80. The second-order valence-electron chi connectivity index (χ2n) is 2.90.